The highest BCUT2D eigenvalue weighted by Gasteiger charge is 2.18. The van der Waals surface area contributed by atoms with Crippen LogP contribution in [0.5, 0.6) is 0 Å². The zero-order valence-electron chi connectivity index (χ0n) is 11.3. The summed E-state index contributed by atoms with van der Waals surface area (Å²) in [5.74, 6) is -0.223. The van der Waals surface area contributed by atoms with Crippen LogP contribution in [0.15, 0.2) is 24.3 Å². The fraction of sp³-hybridized carbons (Fsp3) is 0.429. The zero-order valence-corrected chi connectivity index (χ0v) is 11.3. The smallest absolute Gasteiger partial charge is 0.253 e. The molecule has 0 spiro atoms. The second kappa shape index (κ2) is 5.84. The predicted octanol–water partition coefficient (Wildman–Crippen LogP) is 0.480. The monoisotopic (exact) mass is 261 g/mol. The Morgan fingerprint density at radius 1 is 1.32 bits per heavy atom. The lowest BCUT2D eigenvalue weighted by Crippen LogP contribution is -2.36. The molecule has 5 nitrogen and oxygen atoms in total. The van der Waals surface area contributed by atoms with Crippen LogP contribution < -0.4 is 10.6 Å². The molecule has 0 aliphatic carbocycles. The molecule has 1 fully saturated rings. The highest BCUT2D eigenvalue weighted by molar-refractivity contribution is 5.99. The van der Waals surface area contributed by atoms with Gasteiger partial charge in [0.2, 0.25) is 0 Å². The van der Waals surface area contributed by atoms with Gasteiger partial charge in [-0.2, -0.15) is 0 Å². The number of amides is 2. The van der Waals surface area contributed by atoms with Gasteiger partial charge in [0.1, 0.15) is 0 Å². The summed E-state index contributed by atoms with van der Waals surface area (Å²) in [4.78, 5) is 25.4. The van der Waals surface area contributed by atoms with Crippen molar-refractivity contribution in [2.24, 2.45) is 0 Å². The molecule has 19 heavy (non-hydrogen) atoms. The minimum atomic E-state index is -0.123. The number of carbonyl (C=O) groups excluding carboxylic acids is 2. The molecule has 0 radical (unpaired) electrons. The third-order valence-electron chi connectivity index (χ3n) is 3.17. The number of hydrogen-bond donors (Lipinski definition) is 2. The molecule has 1 saturated heterocycles. The third-order valence-corrected chi connectivity index (χ3v) is 3.17. The van der Waals surface area contributed by atoms with Gasteiger partial charge in [-0.05, 0) is 31.2 Å². The van der Waals surface area contributed by atoms with E-state index in [9.17, 15) is 9.59 Å². The molecule has 1 heterocycles. The van der Waals surface area contributed by atoms with E-state index >= 15 is 0 Å². The quantitative estimate of drug-likeness (QED) is 0.832. The summed E-state index contributed by atoms with van der Waals surface area (Å²) in [6, 6.07) is 7.00. The van der Waals surface area contributed by atoms with Gasteiger partial charge in [0, 0.05) is 37.8 Å². The van der Waals surface area contributed by atoms with E-state index in [1.165, 1.54) is 4.90 Å². The summed E-state index contributed by atoms with van der Waals surface area (Å²) in [5, 5.41) is 6.16. The van der Waals surface area contributed by atoms with Gasteiger partial charge >= 0.3 is 0 Å². The van der Waals surface area contributed by atoms with Gasteiger partial charge in [0.25, 0.3) is 11.8 Å². The molecular formula is C14H19N3O2. The van der Waals surface area contributed by atoms with Crippen molar-refractivity contribution in [3.63, 3.8) is 0 Å². The lowest BCUT2D eigenvalue weighted by molar-refractivity contribution is 0.0827. The zero-order chi connectivity index (χ0) is 13.8. The van der Waals surface area contributed by atoms with Gasteiger partial charge in [-0.3, -0.25) is 9.59 Å². The molecule has 0 saturated carbocycles. The molecule has 2 N–H and O–H groups in total. The fourth-order valence-electron chi connectivity index (χ4n) is 2.10. The summed E-state index contributed by atoms with van der Waals surface area (Å²) in [5.41, 5.74) is 1.06. The van der Waals surface area contributed by atoms with Gasteiger partial charge in [-0.15, -0.1) is 0 Å². The molecule has 2 amide bonds. The first-order chi connectivity index (χ1) is 9.08. The Labute approximate surface area is 113 Å². The number of benzene rings is 1. The largest absolute Gasteiger partial charge is 0.348 e. The Morgan fingerprint density at radius 2 is 2.05 bits per heavy atom. The van der Waals surface area contributed by atoms with Crippen LogP contribution in [0.25, 0.3) is 0 Å². The van der Waals surface area contributed by atoms with Crippen molar-refractivity contribution in [2.45, 2.75) is 12.5 Å². The van der Waals surface area contributed by atoms with Gasteiger partial charge in [-0.25, -0.2) is 0 Å². The molecule has 2 rings (SSSR count). The van der Waals surface area contributed by atoms with E-state index in [1.807, 2.05) is 0 Å². The minimum Gasteiger partial charge on any atom is -0.348 e. The van der Waals surface area contributed by atoms with Crippen molar-refractivity contribution in [2.75, 3.05) is 27.2 Å². The van der Waals surface area contributed by atoms with Crippen LogP contribution in [0.2, 0.25) is 0 Å². The minimum absolute atomic E-state index is 0.0998. The predicted molar refractivity (Wildman–Crippen MR) is 73.2 cm³/mol. The van der Waals surface area contributed by atoms with Gasteiger partial charge in [0.15, 0.2) is 0 Å². The number of hydrogen-bond acceptors (Lipinski definition) is 3. The molecule has 1 unspecified atom stereocenters. The van der Waals surface area contributed by atoms with Gasteiger partial charge in [-0.1, -0.05) is 6.07 Å². The van der Waals surface area contributed by atoms with E-state index in [4.69, 9.17) is 0 Å². The molecule has 1 aliphatic heterocycles. The molecule has 1 aromatic rings. The molecule has 1 atom stereocenters. The third kappa shape index (κ3) is 3.32. The van der Waals surface area contributed by atoms with E-state index in [1.54, 1.807) is 38.4 Å². The molecule has 1 aliphatic rings. The van der Waals surface area contributed by atoms with Crippen molar-refractivity contribution in [1.29, 1.82) is 0 Å². The van der Waals surface area contributed by atoms with Crippen LogP contribution in [0.1, 0.15) is 27.1 Å². The van der Waals surface area contributed by atoms with Crippen LogP contribution in [-0.2, 0) is 0 Å². The maximum absolute atomic E-state index is 12.1. The van der Waals surface area contributed by atoms with Crippen LogP contribution in [-0.4, -0.2) is 49.9 Å². The summed E-state index contributed by atoms with van der Waals surface area (Å²) in [7, 11) is 3.39. The Morgan fingerprint density at radius 3 is 2.68 bits per heavy atom. The van der Waals surface area contributed by atoms with Crippen molar-refractivity contribution in [3.8, 4) is 0 Å². The Hall–Kier alpha value is -1.88. The van der Waals surface area contributed by atoms with Crippen LogP contribution in [0.3, 0.4) is 0 Å². The van der Waals surface area contributed by atoms with E-state index in [0.717, 1.165) is 19.5 Å². The van der Waals surface area contributed by atoms with Crippen LogP contribution in [0, 0.1) is 0 Å². The van der Waals surface area contributed by atoms with Crippen molar-refractivity contribution < 1.29 is 9.59 Å². The Kier molecular flexibility index (Phi) is 4.16. The topological polar surface area (TPSA) is 61.4 Å². The highest BCUT2D eigenvalue weighted by Crippen LogP contribution is 2.08. The second-order valence-corrected chi connectivity index (χ2v) is 4.94. The summed E-state index contributed by atoms with van der Waals surface area (Å²) < 4.78 is 0. The molecular weight excluding hydrogens is 242 g/mol. The average Bonchev–Trinajstić information content (AvgIpc) is 2.90. The number of carbonyl (C=O) groups is 2. The van der Waals surface area contributed by atoms with Gasteiger partial charge < -0.3 is 15.5 Å². The van der Waals surface area contributed by atoms with Crippen molar-refractivity contribution in [1.82, 2.24) is 15.5 Å². The van der Waals surface area contributed by atoms with Crippen molar-refractivity contribution >= 4 is 11.8 Å². The lowest BCUT2D eigenvalue weighted by atomic mass is 10.1. The second-order valence-electron chi connectivity index (χ2n) is 4.94. The Bertz CT molecular complexity index is 479. The van der Waals surface area contributed by atoms with Crippen LogP contribution >= 0.6 is 0 Å². The van der Waals surface area contributed by atoms with E-state index in [0.29, 0.717) is 11.1 Å². The number of rotatable bonds is 3. The molecule has 0 aromatic heterocycles. The Balaban J connectivity index is 2.09. The maximum atomic E-state index is 12.1. The number of nitrogens with zero attached hydrogens (tertiary/aromatic N) is 1. The number of nitrogens with one attached hydrogen (secondary N) is 2. The normalized spacial score (nSPS) is 18.1. The first kappa shape index (κ1) is 13.5. The SMILES string of the molecule is CN(C)C(=O)c1cccc(C(=O)NC2CCNC2)c1. The molecule has 5 heteroatoms. The van der Waals surface area contributed by atoms with Gasteiger partial charge in [0.05, 0.1) is 0 Å². The average molecular weight is 261 g/mol. The first-order valence-electron chi connectivity index (χ1n) is 6.41. The summed E-state index contributed by atoms with van der Waals surface area (Å²) in [6.07, 6.45) is 0.946. The van der Waals surface area contributed by atoms with E-state index in [2.05, 4.69) is 10.6 Å². The molecule has 102 valence electrons. The fourth-order valence-corrected chi connectivity index (χ4v) is 2.10. The van der Waals surface area contributed by atoms with Crippen LogP contribution in [0.4, 0.5) is 0 Å². The summed E-state index contributed by atoms with van der Waals surface area (Å²) >= 11 is 0. The molecule has 0 bridgehead atoms. The van der Waals surface area contributed by atoms with Crippen molar-refractivity contribution in [3.05, 3.63) is 35.4 Å². The van der Waals surface area contributed by atoms with E-state index in [-0.39, 0.29) is 17.9 Å². The lowest BCUT2D eigenvalue weighted by Gasteiger charge is -2.13. The standard InChI is InChI=1S/C14H19N3O2/c1-17(2)14(19)11-5-3-4-10(8-11)13(18)16-12-6-7-15-9-12/h3-5,8,12,15H,6-7,9H2,1-2H3,(H,16,18). The maximum Gasteiger partial charge on any atom is 0.253 e. The first-order valence-corrected chi connectivity index (χ1v) is 6.41. The van der Waals surface area contributed by atoms with E-state index < -0.39 is 0 Å². The highest BCUT2D eigenvalue weighted by atomic mass is 16.2. The summed E-state index contributed by atoms with van der Waals surface area (Å²) in [6.45, 7) is 1.74. The molecule has 1 aromatic carbocycles.